The van der Waals surface area contributed by atoms with Crippen LogP contribution in [0.5, 0.6) is 5.75 Å². The second kappa shape index (κ2) is 8.22. The summed E-state index contributed by atoms with van der Waals surface area (Å²) in [4.78, 5) is 27.3. The van der Waals surface area contributed by atoms with E-state index in [0.717, 1.165) is 25.0 Å². The minimum atomic E-state index is -0.681. The molecule has 1 aromatic heterocycles. The number of benzene rings is 2. The highest BCUT2D eigenvalue weighted by atomic mass is 19.1. The third-order valence-electron chi connectivity index (χ3n) is 6.81. The molecule has 8 nitrogen and oxygen atoms in total. The second-order valence-electron chi connectivity index (χ2n) is 9.07. The smallest absolute Gasteiger partial charge is 0.350 e. The van der Waals surface area contributed by atoms with E-state index >= 15 is 4.39 Å². The van der Waals surface area contributed by atoms with Gasteiger partial charge in [0, 0.05) is 30.7 Å². The Balaban J connectivity index is 1.44. The summed E-state index contributed by atoms with van der Waals surface area (Å²) in [5.74, 6) is 6.11. The predicted octanol–water partition coefficient (Wildman–Crippen LogP) is 1.89. The van der Waals surface area contributed by atoms with Crippen LogP contribution in [0.3, 0.4) is 0 Å². The molecule has 33 heavy (non-hydrogen) atoms. The quantitative estimate of drug-likeness (QED) is 0.552. The molecule has 2 heterocycles. The zero-order valence-corrected chi connectivity index (χ0v) is 18.5. The van der Waals surface area contributed by atoms with Crippen molar-refractivity contribution in [2.24, 2.45) is 11.7 Å². The Morgan fingerprint density at radius 2 is 1.91 bits per heavy atom. The number of para-hydroxylation sites is 1. The standard InChI is InChI=1S/C24H28FN5O3/c1-14-21-18(23(31)30(27)24(32)29(21)16-7-8-16)11-19(25)22(14)28-10-9-15(12-28)20(26)13-33-17-5-3-2-4-6-17/h2-6,11,15-16,20H,7-10,12-13,26-27H2,1H3/t15-,20-/m1/s1. The molecule has 4 N–H and O–H groups in total. The first kappa shape index (κ1) is 21.5. The Kier molecular flexibility index (Phi) is 5.36. The maximum atomic E-state index is 15.3. The molecule has 2 aromatic carbocycles. The zero-order valence-electron chi connectivity index (χ0n) is 18.5. The molecule has 0 amide bonds. The van der Waals surface area contributed by atoms with E-state index in [1.165, 1.54) is 6.07 Å². The molecule has 1 aliphatic heterocycles. The number of hydrogen-bond acceptors (Lipinski definition) is 6. The summed E-state index contributed by atoms with van der Waals surface area (Å²) in [5, 5.41) is 0.131. The molecular formula is C24H28FN5O3. The van der Waals surface area contributed by atoms with E-state index in [4.69, 9.17) is 16.3 Å². The van der Waals surface area contributed by atoms with Gasteiger partial charge >= 0.3 is 5.69 Å². The molecule has 0 unspecified atom stereocenters. The summed E-state index contributed by atoms with van der Waals surface area (Å²) in [6.07, 6.45) is 2.47. The zero-order chi connectivity index (χ0) is 23.3. The van der Waals surface area contributed by atoms with Crippen LogP contribution < -0.4 is 32.5 Å². The van der Waals surface area contributed by atoms with Crippen molar-refractivity contribution in [1.29, 1.82) is 0 Å². The Labute approximate surface area is 190 Å². The van der Waals surface area contributed by atoms with Gasteiger partial charge in [0.15, 0.2) is 0 Å². The average molecular weight is 454 g/mol. The van der Waals surface area contributed by atoms with Gasteiger partial charge in [-0.25, -0.2) is 9.18 Å². The lowest BCUT2D eigenvalue weighted by molar-refractivity contribution is 0.253. The van der Waals surface area contributed by atoms with Crippen LogP contribution >= 0.6 is 0 Å². The lowest BCUT2D eigenvalue weighted by Crippen LogP contribution is -2.44. The summed E-state index contributed by atoms with van der Waals surface area (Å²) in [5.41, 5.74) is 6.66. The molecule has 0 bridgehead atoms. The fourth-order valence-electron chi connectivity index (χ4n) is 4.90. The Morgan fingerprint density at radius 3 is 2.61 bits per heavy atom. The first-order valence-corrected chi connectivity index (χ1v) is 11.3. The molecule has 2 fully saturated rings. The van der Waals surface area contributed by atoms with Gasteiger partial charge in [0.25, 0.3) is 5.56 Å². The van der Waals surface area contributed by atoms with Crippen LogP contribution in [0.15, 0.2) is 46.0 Å². The summed E-state index contributed by atoms with van der Waals surface area (Å²) >= 11 is 0. The first-order valence-electron chi connectivity index (χ1n) is 11.3. The number of nitrogens with zero attached hydrogens (tertiary/aromatic N) is 3. The topological polar surface area (TPSA) is 109 Å². The van der Waals surface area contributed by atoms with E-state index in [1.807, 2.05) is 35.2 Å². The molecule has 2 atom stereocenters. The Bertz CT molecular complexity index is 1320. The third-order valence-corrected chi connectivity index (χ3v) is 6.81. The first-order chi connectivity index (χ1) is 15.9. The van der Waals surface area contributed by atoms with Gasteiger partial charge < -0.3 is 21.2 Å². The number of ether oxygens (including phenoxy) is 1. The van der Waals surface area contributed by atoms with Crippen molar-refractivity contribution < 1.29 is 9.13 Å². The highest BCUT2D eigenvalue weighted by Crippen LogP contribution is 2.39. The van der Waals surface area contributed by atoms with Crippen molar-refractivity contribution in [2.45, 2.75) is 38.3 Å². The van der Waals surface area contributed by atoms with E-state index in [9.17, 15) is 9.59 Å². The van der Waals surface area contributed by atoms with Gasteiger partial charge in [-0.1, -0.05) is 18.2 Å². The second-order valence-corrected chi connectivity index (χ2v) is 9.07. The minimum absolute atomic E-state index is 0.0118. The van der Waals surface area contributed by atoms with Gasteiger partial charge in [0.1, 0.15) is 18.2 Å². The van der Waals surface area contributed by atoms with E-state index in [2.05, 4.69) is 0 Å². The monoisotopic (exact) mass is 453 g/mol. The van der Waals surface area contributed by atoms with E-state index in [-0.39, 0.29) is 23.4 Å². The largest absolute Gasteiger partial charge is 0.492 e. The SMILES string of the molecule is Cc1c(N2CC[C@@H]([C@H](N)COc3ccccc3)C2)c(F)cc2c(=O)n(N)c(=O)n(C3CC3)c12. The highest BCUT2D eigenvalue weighted by molar-refractivity contribution is 5.87. The number of hydrogen-bond donors (Lipinski definition) is 2. The highest BCUT2D eigenvalue weighted by Gasteiger charge is 2.33. The maximum Gasteiger partial charge on any atom is 0.350 e. The van der Waals surface area contributed by atoms with E-state index < -0.39 is 17.1 Å². The number of aryl methyl sites for hydroxylation is 1. The van der Waals surface area contributed by atoms with Crippen molar-refractivity contribution in [3.63, 3.8) is 0 Å². The fraction of sp³-hybridized carbons (Fsp3) is 0.417. The third kappa shape index (κ3) is 3.76. The molecule has 1 saturated heterocycles. The summed E-state index contributed by atoms with van der Waals surface area (Å²) in [6.45, 7) is 3.35. The number of aromatic nitrogens is 2. The molecule has 5 rings (SSSR count). The van der Waals surface area contributed by atoms with Crippen LogP contribution in [-0.4, -0.2) is 35.0 Å². The van der Waals surface area contributed by atoms with Gasteiger partial charge in [0.05, 0.1) is 16.6 Å². The fourth-order valence-corrected chi connectivity index (χ4v) is 4.90. The van der Waals surface area contributed by atoms with Crippen molar-refractivity contribution in [3.8, 4) is 5.75 Å². The maximum absolute atomic E-state index is 15.3. The van der Waals surface area contributed by atoms with Crippen molar-refractivity contribution in [2.75, 3.05) is 30.4 Å². The number of rotatable bonds is 6. The van der Waals surface area contributed by atoms with Crippen LogP contribution in [-0.2, 0) is 0 Å². The molecule has 0 spiro atoms. The number of anilines is 1. The Hall–Kier alpha value is -3.33. The van der Waals surface area contributed by atoms with Gasteiger partial charge in [-0.05, 0) is 50.3 Å². The molecule has 2 aliphatic rings. The van der Waals surface area contributed by atoms with Gasteiger partial charge in [0.2, 0.25) is 0 Å². The van der Waals surface area contributed by atoms with Gasteiger partial charge in [-0.3, -0.25) is 9.36 Å². The van der Waals surface area contributed by atoms with Crippen LogP contribution in [0.25, 0.3) is 10.9 Å². The van der Waals surface area contributed by atoms with Gasteiger partial charge in [-0.2, -0.15) is 4.68 Å². The van der Waals surface area contributed by atoms with Crippen molar-refractivity contribution in [1.82, 2.24) is 9.24 Å². The molecule has 9 heteroatoms. The normalized spacial score (nSPS) is 19.2. The van der Waals surface area contributed by atoms with Crippen LogP contribution in [0, 0.1) is 18.7 Å². The number of fused-ring (bicyclic) bond motifs is 1. The predicted molar refractivity (Wildman–Crippen MR) is 126 cm³/mol. The molecule has 1 saturated carbocycles. The lowest BCUT2D eigenvalue weighted by Gasteiger charge is -2.25. The number of nitrogen functional groups attached to an aromatic ring is 1. The van der Waals surface area contributed by atoms with Crippen LogP contribution in [0.1, 0.15) is 30.9 Å². The molecule has 174 valence electrons. The number of halogens is 1. The van der Waals surface area contributed by atoms with Crippen molar-refractivity contribution in [3.05, 3.63) is 68.6 Å². The average Bonchev–Trinajstić information content (AvgIpc) is 3.53. The van der Waals surface area contributed by atoms with Crippen molar-refractivity contribution >= 4 is 16.6 Å². The lowest BCUT2D eigenvalue weighted by atomic mass is 10.0. The molecule has 1 aliphatic carbocycles. The number of nitrogens with two attached hydrogens (primary N) is 2. The minimum Gasteiger partial charge on any atom is -0.492 e. The van der Waals surface area contributed by atoms with E-state index in [0.29, 0.717) is 41.1 Å². The summed E-state index contributed by atoms with van der Waals surface area (Å²) in [7, 11) is 0. The van der Waals surface area contributed by atoms with E-state index in [1.54, 1.807) is 11.5 Å². The summed E-state index contributed by atoms with van der Waals surface area (Å²) in [6, 6.07) is 10.5. The van der Waals surface area contributed by atoms with Crippen LogP contribution in [0.2, 0.25) is 0 Å². The van der Waals surface area contributed by atoms with Gasteiger partial charge in [-0.15, -0.1) is 0 Å². The molecule has 3 aromatic rings. The summed E-state index contributed by atoms with van der Waals surface area (Å²) < 4.78 is 23.3. The molecule has 0 radical (unpaired) electrons. The van der Waals surface area contributed by atoms with Crippen LogP contribution in [0.4, 0.5) is 10.1 Å². The Morgan fingerprint density at radius 1 is 1.18 bits per heavy atom. The molecular weight excluding hydrogens is 425 g/mol.